The summed E-state index contributed by atoms with van der Waals surface area (Å²) in [4.78, 5) is 25.0. The first-order valence-corrected chi connectivity index (χ1v) is 13.7. The summed E-state index contributed by atoms with van der Waals surface area (Å²) in [5.41, 5.74) is 4.77. The molecule has 0 spiro atoms. The van der Waals surface area contributed by atoms with Gasteiger partial charge in [-0.05, 0) is 66.3 Å². The van der Waals surface area contributed by atoms with Crippen molar-refractivity contribution in [2.24, 2.45) is 0 Å². The number of carboxylic acid groups (broad SMARTS) is 1. The van der Waals surface area contributed by atoms with Gasteiger partial charge in [0, 0.05) is 23.5 Å². The van der Waals surface area contributed by atoms with Gasteiger partial charge >= 0.3 is 5.97 Å². The standard InChI is InChI=1S/C33H35FN2O5.ClH/c1-21(2)31-30(33(41)35-25-11-7-4-8-12-25)29(22-9-5-3-6-10-22)32(23-13-15-24(34)16-14-23)36(31)18-17-26(37)19-27(38)20-28(39)40;/h3-16,21,26-27,37-38H,17-20H2,1-2H3,(H,35,41)(H,39,40);1H/t26-,27-;/m1./s1. The van der Waals surface area contributed by atoms with Gasteiger partial charge in [0.25, 0.3) is 5.91 Å². The number of benzene rings is 3. The van der Waals surface area contributed by atoms with Crippen LogP contribution < -0.4 is 5.32 Å². The molecule has 0 aliphatic heterocycles. The molecule has 222 valence electrons. The molecule has 0 saturated carbocycles. The Morgan fingerprint density at radius 3 is 2.02 bits per heavy atom. The van der Waals surface area contributed by atoms with E-state index in [-0.39, 0.29) is 49.4 Å². The third-order valence-electron chi connectivity index (χ3n) is 6.93. The first-order chi connectivity index (χ1) is 19.7. The van der Waals surface area contributed by atoms with E-state index in [0.29, 0.717) is 28.1 Å². The number of hydrogen-bond acceptors (Lipinski definition) is 4. The van der Waals surface area contributed by atoms with Gasteiger partial charge in [0.15, 0.2) is 0 Å². The number of carbonyl (C=O) groups is 2. The summed E-state index contributed by atoms with van der Waals surface area (Å²) in [6.07, 6.45) is -2.51. The monoisotopic (exact) mass is 594 g/mol. The Kier molecular flexibility index (Phi) is 11.4. The summed E-state index contributed by atoms with van der Waals surface area (Å²) in [5, 5.41) is 32.8. The van der Waals surface area contributed by atoms with E-state index in [1.165, 1.54) is 12.1 Å². The highest BCUT2D eigenvalue weighted by Crippen LogP contribution is 2.42. The minimum atomic E-state index is -1.18. The van der Waals surface area contributed by atoms with E-state index in [0.717, 1.165) is 11.3 Å². The maximum absolute atomic E-state index is 14.0. The van der Waals surface area contributed by atoms with E-state index in [4.69, 9.17) is 5.11 Å². The molecule has 0 fully saturated rings. The minimum Gasteiger partial charge on any atom is -0.481 e. The van der Waals surface area contributed by atoms with Crippen LogP contribution in [-0.2, 0) is 11.3 Å². The van der Waals surface area contributed by atoms with Crippen molar-refractivity contribution in [1.82, 2.24) is 4.57 Å². The molecule has 0 aliphatic rings. The lowest BCUT2D eigenvalue weighted by Crippen LogP contribution is -2.22. The molecule has 0 radical (unpaired) electrons. The van der Waals surface area contributed by atoms with Crippen molar-refractivity contribution < 1.29 is 29.3 Å². The molecule has 0 saturated heterocycles. The van der Waals surface area contributed by atoms with E-state index in [1.54, 1.807) is 12.1 Å². The van der Waals surface area contributed by atoms with Crippen LogP contribution in [0.1, 0.15) is 55.1 Å². The van der Waals surface area contributed by atoms with E-state index in [2.05, 4.69) is 5.32 Å². The van der Waals surface area contributed by atoms with Gasteiger partial charge in [-0.3, -0.25) is 9.59 Å². The Hall–Kier alpha value is -3.98. The van der Waals surface area contributed by atoms with E-state index < -0.39 is 24.6 Å². The molecule has 1 heterocycles. The number of aliphatic hydroxyl groups excluding tert-OH is 2. The molecule has 0 unspecified atom stereocenters. The number of aromatic nitrogens is 1. The number of anilines is 1. The zero-order valence-electron chi connectivity index (χ0n) is 23.5. The second-order valence-corrected chi connectivity index (χ2v) is 10.4. The highest BCUT2D eigenvalue weighted by molar-refractivity contribution is 6.12. The van der Waals surface area contributed by atoms with Crippen molar-refractivity contribution in [2.75, 3.05) is 5.32 Å². The number of amides is 1. The molecule has 4 N–H and O–H groups in total. The molecule has 2 atom stereocenters. The molecule has 1 amide bonds. The Balaban J connectivity index is 0.00000484. The minimum absolute atomic E-state index is 0. The Morgan fingerprint density at radius 1 is 0.857 bits per heavy atom. The molecule has 3 aromatic carbocycles. The van der Waals surface area contributed by atoms with E-state index in [9.17, 15) is 24.2 Å². The number of halogens is 2. The molecule has 9 heteroatoms. The van der Waals surface area contributed by atoms with Crippen molar-refractivity contribution >= 4 is 30.0 Å². The third-order valence-corrected chi connectivity index (χ3v) is 6.93. The SMILES string of the molecule is CC(C)c1c(C(=O)Nc2ccccc2)c(-c2ccccc2)c(-c2ccc(F)cc2)n1CC[C@@H](O)C[C@@H](O)CC(=O)O.Cl. The molecular weight excluding hydrogens is 559 g/mol. The predicted molar refractivity (Wildman–Crippen MR) is 164 cm³/mol. The third kappa shape index (κ3) is 7.85. The van der Waals surface area contributed by atoms with Crippen LogP contribution in [0.5, 0.6) is 0 Å². The van der Waals surface area contributed by atoms with Gasteiger partial charge in [0.2, 0.25) is 0 Å². The van der Waals surface area contributed by atoms with Gasteiger partial charge < -0.3 is 25.2 Å². The Labute approximate surface area is 251 Å². The fourth-order valence-corrected chi connectivity index (χ4v) is 5.20. The van der Waals surface area contributed by atoms with Crippen molar-refractivity contribution in [3.63, 3.8) is 0 Å². The van der Waals surface area contributed by atoms with Crippen LogP contribution in [-0.4, -0.2) is 44.0 Å². The first-order valence-electron chi connectivity index (χ1n) is 13.7. The molecule has 1 aromatic heterocycles. The first kappa shape index (κ1) is 32.5. The van der Waals surface area contributed by atoms with Crippen molar-refractivity contribution in [1.29, 1.82) is 0 Å². The summed E-state index contributed by atoms with van der Waals surface area (Å²) in [5.74, 6) is -1.93. The fraction of sp³-hybridized carbons (Fsp3) is 0.273. The van der Waals surface area contributed by atoms with Crippen LogP contribution in [0.25, 0.3) is 22.4 Å². The maximum Gasteiger partial charge on any atom is 0.305 e. The summed E-state index contributed by atoms with van der Waals surface area (Å²) < 4.78 is 16.0. The van der Waals surface area contributed by atoms with Gasteiger partial charge in [-0.1, -0.05) is 62.4 Å². The summed E-state index contributed by atoms with van der Waals surface area (Å²) in [6.45, 7) is 4.25. The van der Waals surface area contributed by atoms with Crippen molar-refractivity contribution in [3.8, 4) is 22.4 Å². The lowest BCUT2D eigenvalue weighted by molar-refractivity contribution is -0.139. The molecule has 42 heavy (non-hydrogen) atoms. The lowest BCUT2D eigenvalue weighted by Gasteiger charge is -2.20. The van der Waals surface area contributed by atoms with Gasteiger partial charge in [-0.2, -0.15) is 0 Å². The Bertz CT molecular complexity index is 1470. The van der Waals surface area contributed by atoms with Crippen LogP contribution in [0.3, 0.4) is 0 Å². The highest BCUT2D eigenvalue weighted by Gasteiger charge is 2.31. The lowest BCUT2D eigenvalue weighted by atomic mass is 9.94. The summed E-state index contributed by atoms with van der Waals surface area (Å²) in [6, 6.07) is 24.8. The quantitative estimate of drug-likeness (QED) is 0.145. The number of rotatable bonds is 12. The zero-order chi connectivity index (χ0) is 29.5. The smallest absolute Gasteiger partial charge is 0.305 e. The number of hydrogen-bond donors (Lipinski definition) is 4. The van der Waals surface area contributed by atoms with E-state index in [1.807, 2.05) is 79.1 Å². The van der Waals surface area contributed by atoms with Crippen LogP contribution in [0, 0.1) is 5.82 Å². The molecule has 4 rings (SSSR count). The molecule has 7 nitrogen and oxygen atoms in total. The topological polar surface area (TPSA) is 112 Å². The van der Waals surface area contributed by atoms with Crippen LogP contribution in [0.15, 0.2) is 84.9 Å². The zero-order valence-corrected chi connectivity index (χ0v) is 24.4. The number of carbonyl (C=O) groups excluding carboxylic acids is 1. The average Bonchev–Trinajstić information content (AvgIpc) is 3.28. The number of nitrogens with zero attached hydrogens (tertiary/aromatic N) is 1. The van der Waals surface area contributed by atoms with Crippen molar-refractivity contribution in [2.45, 2.75) is 57.8 Å². The van der Waals surface area contributed by atoms with Gasteiger partial charge in [-0.25, -0.2) is 4.39 Å². The van der Waals surface area contributed by atoms with Crippen LogP contribution in [0.2, 0.25) is 0 Å². The molecule has 0 bridgehead atoms. The average molecular weight is 595 g/mol. The molecular formula is C33H36ClFN2O5. The van der Waals surface area contributed by atoms with Gasteiger partial charge in [0.1, 0.15) is 5.82 Å². The second-order valence-electron chi connectivity index (χ2n) is 10.4. The number of aliphatic carboxylic acids is 1. The molecule has 0 aliphatic carbocycles. The van der Waals surface area contributed by atoms with Gasteiger partial charge in [-0.15, -0.1) is 12.4 Å². The van der Waals surface area contributed by atoms with E-state index >= 15 is 0 Å². The molecule has 4 aromatic rings. The number of nitrogens with one attached hydrogen (secondary N) is 1. The number of aliphatic hydroxyl groups is 2. The number of para-hydroxylation sites is 1. The fourth-order valence-electron chi connectivity index (χ4n) is 5.20. The largest absolute Gasteiger partial charge is 0.481 e. The van der Waals surface area contributed by atoms with Crippen LogP contribution >= 0.6 is 12.4 Å². The second kappa shape index (κ2) is 14.8. The highest BCUT2D eigenvalue weighted by atomic mass is 35.5. The normalized spacial score (nSPS) is 12.4. The Morgan fingerprint density at radius 2 is 1.45 bits per heavy atom. The predicted octanol–water partition coefficient (Wildman–Crippen LogP) is 6.74. The summed E-state index contributed by atoms with van der Waals surface area (Å²) >= 11 is 0. The van der Waals surface area contributed by atoms with Gasteiger partial charge in [0.05, 0.1) is 29.9 Å². The van der Waals surface area contributed by atoms with Crippen molar-refractivity contribution in [3.05, 3.63) is 102 Å². The van der Waals surface area contributed by atoms with Crippen LogP contribution in [0.4, 0.5) is 10.1 Å². The maximum atomic E-state index is 14.0. The number of carboxylic acids is 1. The summed E-state index contributed by atoms with van der Waals surface area (Å²) in [7, 11) is 0.